The van der Waals surface area contributed by atoms with Gasteiger partial charge in [-0.05, 0) is 24.3 Å². The van der Waals surface area contributed by atoms with E-state index in [0.29, 0.717) is 5.76 Å². The van der Waals surface area contributed by atoms with Gasteiger partial charge < -0.3 is 4.42 Å². The highest BCUT2D eigenvalue weighted by Gasteiger charge is 2.20. The summed E-state index contributed by atoms with van der Waals surface area (Å²) in [5.74, 6) is 0.325. The molecule has 0 radical (unpaired) electrons. The van der Waals surface area contributed by atoms with Crippen LogP contribution in [0.4, 0.5) is 0 Å². The molecule has 1 aromatic heterocycles. The molecule has 2 aromatic rings. The predicted octanol–water partition coefficient (Wildman–Crippen LogP) is 2.62. The molecule has 1 aromatic carbocycles. The zero-order valence-electron chi connectivity index (χ0n) is 9.28. The van der Waals surface area contributed by atoms with Crippen molar-refractivity contribution in [3.8, 4) is 6.07 Å². The van der Waals surface area contributed by atoms with Crippen molar-refractivity contribution in [2.24, 2.45) is 0 Å². The Hall–Kier alpha value is -2.32. The zero-order valence-corrected chi connectivity index (χ0v) is 10.1. The predicted molar refractivity (Wildman–Crippen MR) is 65.9 cm³/mol. The van der Waals surface area contributed by atoms with Crippen LogP contribution in [0.2, 0.25) is 0 Å². The van der Waals surface area contributed by atoms with Crippen LogP contribution in [0.3, 0.4) is 0 Å². The smallest absolute Gasteiger partial charge is 0.216 e. The fraction of sp³-hybridized carbons (Fsp3) is 0. The SMILES string of the molecule is N#CC(=Cc1ccco1)S(=O)(=O)c1ccccc1. The van der Waals surface area contributed by atoms with Crippen molar-refractivity contribution in [3.63, 3.8) is 0 Å². The summed E-state index contributed by atoms with van der Waals surface area (Å²) in [7, 11) is -3.79. The van der Waals surface area contributed by atoms with E-state index in [1.807, 2.05) is 0 Å². The van der Waals surface area contributed by atoms with Gasteiger partial charge in [-0.3, -0.25) is 0 Å². The first kappa shape index (κ1) is 12.1. The average Bonchev–Trinajstić information content (AvgIpc) is 2.89. The molecule has 90 valence electrons. The first-order chi connectivity index (χ1) is 8.64. The van der Waals surface area contributed by atoms with Gasteiger partial charge in [-0.2, -0.15) is 5.26 Å². The Morgan fingerprint density at radius 2 is 1.89 bits per heavy atom. The number of sulfone groups is 1. The van der Waals surface area contributed by atoms with E-state index < -0.39 is 9.84 Å². The van der Waals surface area contributed by atoms with Gasteiger partial charge >= 0.3 is 0 Å². The molecule has 5 heteroatoms. The van der Waals surface area contributed by atoms with Gasteiger partial charge in [0.15, 0.2) is 4.91 Å². The maximum atomic E-state index is 12.2. The summed E-state index contributed by atoms with van der Waals surface area (Å²) in [6.45, 7) is 0. The lowest BCUT2D eigenvalue weighted by Gasteiger charge is -2.01. The quantitative estimate of drug-likeness (QED) is 0.794. The standard InChI is InChI=1S/C13H9NO3S/c14-10-13(9-11-5-4-8-17-11)18(15,16)12-6-2-1-3-7-12/h1-9H. The number of furan rings is 1. The summed E-state index contributed by atoms with van der Waals surface area (Å²) in [6.07, 6.45) is 2.62. The van der Waals surface area contributed by atoms with Crippen LogP contribution in [0, 0.1) is 11.3 Å². The van der Waals surface area contributed by atoms with Crippen LogP contribution in [-0.2, 0) is 9.84 Å². The van der Waals surface area contributed by atoms with Gasteiger partial charge in [0.1, 0.15) is 11.8 Å². The molecule has 0 amide bonds. The van der Waals surface area contributed by atoms with Gasteiger partial charge in [0.25, 0.3) is 0 Å². The highest BCUT2D eigenvalue weighted by Crippen LogP contribution is 2.20. The lowest BCUT2D eigenvalue weighted by Crippen LogP contribution is -2.03. The number of hydrogen-bond donors (Lipinski definition) is 0. The molecule has 18 heavy (non-hydrogen) atoms. The highest BCUT2D eigenvalue weighted by atomic mass is 32.2. The van der Waals surface area contributed by atoms with Crippen LogP contribution in [-0.4, -0.2) is 8.42 Å². The number of hydrogen-bond acceptors (Lipinski definition) is 4. The van der Waals surface area contributed by atoms with Crippen LogP contribution in [0.5, 0.6) is 0 Å². The van der Waals surface area contributed by atoms with Gasteiger partial charge in [0.2, 0.25) is 9.84 Å². The Kier molecular flexibility index (Phi) is 3.31. The molecule has 0 bridgehead atoms. The second-order valence-corrected chi connectivity index (χ2v) is 5.37. The molecule has 0 atom stereocenters. The number of rotatable bonds is 3. The molecule has 0 aliphatic heterocycles. The fourth-order valence-electron chi connectivity index (χ4n) is 1.40. The van der Waals surface area contributed by atoms with Crippen LogP contribution in [0.1, 0.15) is 5.76 Å². The minimum Gasteiger partial charge on any atom is -0.465 e. The van der Waals surface area contributed by atoms with Crippen LogP contribution < -0.4 is 0 Å². The van der Waals surface area contributed by atoms with E-state index in [4.69, 9.17) is 9.68 Å². The normalized spacial score (nSPS) is 12.1. The second-order valence-electron chi connectivity index (χ2n) is 3.45. The number of nitriles is 1. The van der Waals surface area contributed by atoms with Crippen molar-refractivity contribution < 1.29 is 12.8 Å². The molecule has 0 aliphatic carbocycles. The Morgan fingerprint density at radius 1 is 1.17 bits per heavy atom. The third-order valence-corrected chi connectivity index (χ3v) is 3.95. The summed E-state index contributed by atoms with van der Waals surface area (Å²) in [6, 6.07) is 12.7. The first-order valence-corrected chi connectivity index (χ1v) is 6.58. The van der Waals surface area contributed by atoms with Crippen molar-refractivity contribution in [3.05, 3.63) is 59.4 Å². The van der Waals surface area contributed by atoms with E-state index in [0.717, 1.165) is 0 Å². The molecule has 0 unspecified atom stereocenters. The van der Waals surface area contributed by atoms with E-state index in [-0.39, 0.29) is 9.80 Å². The van der Waals surface area contributed by atoms with Gasteiger partial charge in [-0.15, -0.1) is 0 Å². The van der Waals surface area contributed by atoms with E-state index >= 15 is 0 Å². The van der Waals surface area contributed by atoms with Gasteiger partial charge in [0, 0.05) is 6.08 Å². The molecular weight excluding hydrogens is 250 g/mol. The molecule has 0 N–H and O–H groups in total. The summed E-state index contributed by atoms with van der Waals surface area (Å²) < 4.78 is 29.3. The number of benzene rings is 1. The van der Waals surface area contributed by atoms with E-state index in [1.165, 1.54) is 24.5 Å². The summed E-state index contributed by atoms with van der Waals surface area (Å²) in [4.78, 5) is -0.256. The highest BCUT2D eigenvalue weighted by molar-refractivity contribution is 7.95. The average molecular weight is 259 g/mol. The Morgan fingerprint density at radius 3 is 2.44 bits per heavy atom. The summed E-state index contributed by atoms with van der Waals surface area (Å²) >= 11 is 0. The molecule has 2 rings (SSSR count). The van der Waals surface area contributed by atoms with Crippen molar-refractivity contribution in [1.82, 2.24) is 0 Å². The molecule has 1 heterocycles. The maximum Gasteiger partial charge on any atom is 0.216 e. The van der Waals surface area contributed by atoms with E-state index in [9.17, 15) is 8.42 Å². The first-order valence-electron chi connectivity index (χ1n) is 5.10. The number of allylic oxidation sites excluding steroid dienone is 1. The Bertz CT molecular complexity index is 692. The minimum atomic E-state index is -3.79. The lowest BCUT2D eigenvalue weighted by atomic mass is 10.4. The van der Waals surface area contributed by atoms with Crippen molar-refractivity contribution in [2.75, 3.05) is 0 Å². The zero-order chi connectivity index (χ0) is 13.0. The molecule has 0 spiro atoms. The van der Waals surface area contributed by atoms with Crippen molar-refractivity contribution in [2.45, 2.75) is 4.90 Å². The maximum absolute atomic E-state index is 12.2. The molecule has 0 aliphatic rings. The third-order valence-electron chi connectivity index (χ3n) is 2.27. The van der Waals surface area contributed by atoms with Gasteiger partial charge in [-0.25, -0.2) is 8.42 Å². The fourth-order valence-corrected chi connectivity index (χ4v) is 2.56. The van der Waals surface area contributed by atoms with Crippen molar-refractivity contribution >= 4 is 15.9 Å². The Balaban J connectivity index is 2.50. The Labute approximate surface area is 105 Å². The molecule has 0 fully saturated rings. The van der Waals surface area contributed by atoms with Gasteiger partial charge in [0.05, 0.1) is 11.2 Å². The largest absolute Gasteiger partial charge is 0.465 e. The molecular formula is C13H9NO3S. The number of nitrogens with zero attached hydrogens (tertiary/aromatic N) is 1. The van der Waals surface area contributed by atoms with Crippen LogP contribution in [0.25, 0.3) is 6.08 Å². The van der Waals surface area contributed by atoms with E-state index in [1.54, 1.807) is 36.4 Å². The third kappa shape index (κ3) is 2.34. The lowest BCUT2D eigenvalue weighted by molar-refractivity contribution is 0.556. The molecule has 0 saturated carbocycles. The summed E-state index contributed by atoms with van der Waals surface area (Å²) in [5.41, 5.74) is 0. The summed E-state index contributed by atoms with van der Waals surface area (Å²) in [5, 5.41) is 8.98. The molecule has 0 saturated heterocycles. The molecule has 4 nitrogen and oxygen atoms in total. The van der Waals surface area contributed by atoms with Gasteiger partial charge in [-0.1, -0.05) is 18.2 Å². The van der Waals surface area contributed by atoms with Crippen LogP contribution in [0.15, 0.2) is 62.9 Å². The topological polar surface area (TPSA) is 71.1 Å². The second kappa shape index (κ2) is 4.90. The monoisotopic (exact) mass is 259 g/mol. The van der Waals surface area contributed by atoms with Crippen molar-refractivity contribution in [1.29, 1.82) is 5.26 Å². The van der Waals surface area contributed by atoms with E-state index in [2.05, 4.69) is 0 Å². The van der Waals surface area contributed by atoms with Crippen LogP contribution >= 0.6 is 0 Å². The minimum absolute atomic E-state index is 0.0874.